The van der Waals surface area contributed by atoms with Gasteiger partial charge in [-0.2, -0.15) is 0 Å². The summed E-state index contributed by atoms with van der Waals surface area (Å²) in [7, 11) is 0. The fourth-order valence-corrected chi connectivity index (χ4v) is 2.41. The van der Waals surface area contributed by atoms with Gasteiger partial charge in [-0.25, -0.2) is 14.1 Å². The van der Waals surface area contributed by atoms with E-state index in [0.29, 0.717) is 0 Å². The Morgan fingerprint density at radius 3 is 2.43 bits per heavy atom. The third-order valence-electron chi connectivity index (χ3n) is 3.61. The molecule has 2 rings (SSSR count). The summed E-state index contributed by atoms with van der Waals surface area (Å²) in [5.74, 6) is -2.88. The first-order valence-corrected chi connectivity index (χ1v) is 7.43. The molecular weight excluding hydrogens is 303 g/mol. The highest BCUT2D eigenvalue weighted by atomic mass is 19.1. The number of ether oxygens (including phenoxy) is 1. The lowest BCUT2D eigenvalue weighted by atomic mass is 10.0. The van der Waals surface area contributed by atoms with E-state index < -0.39 is 29.6 Å². The number of esters is 1. The average Bonchev–Trinajstić information content (AvgIpc) is 2.49. The fourth-order valence-electron chi connectivity index (χ4n) is 2.41. The number of amides is 3. The van der Waals surface area contributed by atoms with Gasteiger partial charge in [0.2, 0.25) is 0 Å². The van der Waals surface area contributed by atoms with Gasteiger partial charge in [-0.1, -0.05) is 0 Å². The van der Waals surface area contributed by atoms with Crippen molar-refractivity contribution in [3.05, 3.63) is 30.1 Å². The Labute approximate surface area is 133 Å². The van der Waals surface area contributed by atoms with Crippen LogP contribution in [0.1, 0.15) is 20.8 Å². The second kappa shape index (κ2) is 6.76. The van der Waals surface area contributed by atoms with Crippen LogP contribution in [0.4, 0.5) is 14.9 Å². The highest BCUT2D eigenvalue weighted by Gasteiger charge is 2.45. The standard InChI is InChI=1S/C16H19FN2O4/c1-4-23-15(21)13-9-18(10(2)3)16(22)19(14(13)20)12-7-5-11(17)6-8-12/h5-8,10,13H,4,9H2,1-3H3. The van der Waals surface area contributed by atoms with Crippen LogP contribution in [0.25, 0.3) is 0 Å². The van der Waals surface area contributed by atoms with Gasteiger partial charge in [-0.05, 0) is 45.0 Å². The lowest BCUT2D eigenvalue weighted by Crippen LogP contribution is -2.60. The van der Waals surface area contributed by atoms with Crippen molar-refractivity contribution >= 4 is 23.6 Å². The molecule has 1 unspecified atom stereocenters. The number of halogens is 1. The molecule has 1 atom stereocenters. The largest absolute Gasteiger partial charge is 0.465 e. The zero-order valence-corrected chi connectivity index (χ0v) is 13.3. The number of anilines is 1. The number of urea groups is 1. The molecule has 0 aromatic heterocycles. The van der Waals surface area contributed by atoms with Gasteiger partial charge in [0.15, 0.2) is 5.92 Å². The molecule has 0 bridgehead atoms. The molecule has 0 radical (unpaired) electrons. The quantitative estimate of drug-likeness (QED) is 0.629. The topological polar surface area (TPSA) is 66.9 Å². The molecule has 1 fully saturated rings. The number of carbonyl (C=O) groups excluding carboxylic acids is 3. The Morgan fingerprint density at radius 1 is 1.30 bits per heavy atom. The number of rotatable bonds is 4. The molecule has 0 saturated carbocycles. The van der Waals surface area contributed by atoms with Crippen molar-refractivity contribution in [3.63, 3.8) is 0 Å². The van der Waals surface area contributed by atoms with Gasteiger partial charge < -0.3 is 9.64 Å². The van der Waals surface area contributed by atoms with E-state index in [1.54, 1.807) is 20.8 Å². The monoisotopic (exact) mass is 322 g/mol. The Balaban J connectivity index is 2.40. The zero-order valence-electron chi connectivity index (χ0n) is 13.3. The highest BCUT2D eigenvalue weighted by molar-refractivity contribution is 6.21. The molecule has 6 nitrogen and oxygen atoms in total. The second-order valence-corrected chi connectivity index (χ2v) is 5.48. The summed E-state index contributed by atoms with van der Waals surface area (Å²) in [5, 5.41) is 0. The normalized spacial score (nSPS) is 18.6. The summed E-state index contributed by atoms with van der Waals surface area (Å²) < 4.78 is 18.0. The van der Waals surface area contributed by atoms with Crippen LogP contribution in [0.5, 0.6) is 0 Å². The lowest BCUT2D eigenvalue weighted by molar-refractivity contribution is -0.152. The first kappa shape index (κ1) is 16.9. The smallest absolute Gasteiger partial charge is 0.331 e. The maximum absolute atomic E-state index is 13.1. The summed E-state index contributed by atoms with van der Waals surface area (Å²) in [4.78, 5) is 39.5. The summed E-state index contributed by atoms with van der Waals surface area (Å²) in [6.07, 6.45) is 0. The van der Waals surface area contributed by atoms with Gasteiger partial charge in [-0.3, -0.25) is 9.59 Å². The van der Waals surface area contributed by atoms with Crippen LogP contribution in [0.2, 0.25) is 0 Å². The van der Waals surface area contributed by atoms with E-state index in [0.717, 1.165) is 17.0 Å². The van der Waals surface area contributed by atoms with Crippen LogP contribution in [-0.4, -0.2) is 42.0 Å². The molecular formula is C16H19FN2O4. The number of nitrogens with zero attached hydrogens (tertiary/aromatic N) is 2. The Kier molecular flexibility index (Phi) is 4.98. The van der Waals surface area contributed by atoms with Crippen LogP contribution in [0.15, 0.2) is 24.3 Å². The third kappa shape index (κ3) is 3.33. The van der Waals surface area contributed by atoms with Gasteiger partial charge >= 0.3 is 12.0 Å². The number of carbonyl (C=O) groups is 3. The summed E-state index contributed by atoms with van der Waals surface area (Å²) in [6.45, 7) is 5.35. The molecule has 1 aliphatic rings. The number of hydrogen-bond donors (Lipinski definition) is 0. The van der Waals surface area contributed by atoms with Crippen molar-refractivity contribution in [2.45, 2.75) is 26.8 Å². The molecule has 1 aromatic carbocycles. The third-order valence-corrected chi connectivity index (χ3v) is 3.61. The van der Waals surface area contributed by atoms with E-state index >= 15 is 0 Å². The van der Waals surface area contributed by atoms with Crippen LogP contribution < -0.4 is 4.90 Å². The van der Waals surface area contributed by atoms with Crippen molar-refractivity contribution in [1.82, 2.24) is 4.90 Å². The van der Waals surface area contributed by atoms with Gasteiger partial charge in [0.1, 0.15) is 5.82 Å². The minimum atomic E-state index is -1.08. The Hall–Kier alpha value is -2.44. The summed E-state index contributed by atoms with van der Waals surface area (Å²) in [6, 6.07) is 4.24. The van der Waals surface area contributed by atoms with Crippen LogP contribution in [0, 0.1) is 11.7 Å². The van der Waals surface area contributed by atoms with Gasteiger partial charge in [0, 0.05) is 12.6 Å². The molecule has 0 N–H and O–H groups in total. The first-order chi connectivity index (χ1) is 10.9. The highest BCUT2D eigenvalue weighted by Crippen LogP contribution is 2.26. The lowest BCUT2D eigenvalue weighted by Gasteiger charge is -2.39. The number of hydrogen-bond acceptors (Lipinski definition) is 4. The molecule has 1 heterocycles. The van der Waals surface area contributed by atoms with E-state index in [1.165, 1.54) is 17.0 Å². The van der Waals surface area contributed by atoms with Crippen molar-refractivity contribution < 1.29 is 23.5 Å². The van der Waals surface area contributed by atoms with Crippen LogP contribution in [0.3, 0.4) is 0 Å². The molecule has 124 valence electrons. The molecule has 1 aromatic rings. The molecule has 1 aliphatic heterocycles. The van der Waals surface area contributed by atoms with E-state index in [4.69, 9.17) is 4.74 Å². The molecule has 0 spiro atoms. The summed E-state index contributed by atoms with van der Waals surface area (Å²) in [5.41, 5.74) is 0.223. The minimum Gasteiger partial charge on any atom is -0.465 e. The number of benzene rings is 1. The predicted octanol–water partition coefficient (Wildman–Crippen LogP) is 2.18. The predicted molar refractivity (Wildman–Crippen MR) is 81.2 cm³/mol. The Bertz CT molecular complexity index is 615. The first-order valence-electron chi connectivity index (χ1n) is 7.43. The van der Waals surface area contributed by atoms with E-state index in [1.807, 2.05) is 0 Å². The van der Waals surface area contributed by atoms with Gasteiger partial charge in [-0.15, -0.1) is 0 Å². The van der Waals surface area contributed by atoms with E-state index in [-0.39, 0.29) is 24.9 Å². The van der Waals surface area contributed by atoms with Crippen molar-refractivity contribution in [3.8, 4) is 0 Å². The Morgan fingerprint density at radius 2 is 1.91 bits per heavy atom. The second-order valence-electron chi connectivity index (χ2n) is 5.48. The average molecular weight is 322 g/mol. The molecule has 3 amide bonds. The maximum atomic E-state index is 13.1. The van der Waals surface area contributed by atoms with Gasteiger partial charge in [0.05, 0.1) is 12.3 Å². The SMILES string of the molecule is CCOC(=O)C1CN(C(C)C)C(=O)N(c2ccc(F)cc2)C1=O. The van der Waals surface area contributed by atoms with E-state index in [9.17, 15) is 18.8 Å². The molecule has 0 aliphatic carbocycles. The van der Waals surface area contributed by atoms with Gasteiger partial charge in [0.25, 0.3) is 5.91 Å². The van der Waals surface area contributed by atoms with Crippen molar-refractivity contribution in [2.75, 3.05) is 18.1 Å². The fraction of sp³-hybridized carbons (Fsp3) is 0.438. The van der Waals surface area contributed by atoms with E-state index in [2.05, 4.69) is 0 Å². The molecule has 23 heavy (non-hydrogen) atoms. The molecule has 7 heteroatoms. The van der Waals surface area contributed by atoms with Crippen molar-refractivity contribution in [2.24, 2.45) is 5.92 Å². The van der Waals surface area contributed by atoms with Crippen LogP contribution in [-0.2, 0) is 14.3 Å². The van der Waals surface area contributed by atoms with Crippen molar-refractivity contribution in [1.29, 1.82) is 0 Å². The molecule has 1 saturated heterocycles. The zero-order chi connectivity index (χ0) is 17.1. The maximum Gasteiger partial charge on any atom is 0.331 e. The van der Waals surface area contributed by atoms with Crippen LogP contribution >= 0.6 is 0 Å². The number of imide groups is 1. The minimum absolute atomic E-state index is 0.0220. The summed E-state index contributed by atoms with van der Waals surface area (Å²) >= 11 is 0.